The number of rotatable bonds is 1. The molecular formula is C13H19NO2. The minimum absolute atomic E-state index is 0.116. The van der Waals surface area contributed by atoms with Crippen molar-refractivity contribution in [2.24, 2.45) is 0 Å². The van der Waals surface area contributed by atoms with Crippen molar-refractivity contribution in [2.75, 3.05) is 19.0 Å². The van der Waals surface area contributed by atoms with Gasteiger partial charge in [0.25, 0.3) is 0 Å². The Morgan fingerprint density at radius 3 is 2.62 bits per heavy atom. The Morgan fingerprint density at radius 2 is 2.00 bits per heavy atom. The van der Waals surface area contributed by atoms with E-state index in [9.17, 15) is 5.11 Å². The average Bonchev–Trinajstić information content (AvgIpc) is 2.16. The van der Waals surface area contributed by atoms with E-state index in [4.69, 9.17) is 4.74 Å². The van der Waals surface area contributed by atoms with Gasteiger partial charge in [0.2, 0.25) is 0 Å². The molecule has 0 saturated heterocycles. The number of aryl methyl sites for hydroxylation is 1. The van der Waals surface area contributed by atoms with E-state index in [0.29, 0.717) is 5.75 Å². The Balaban J connectivity index is 2.52. The quantitative estimate of drug-likeness (QED) is 0.791. The summed E-state index contributed by atoms with van der Waals surface area (Å²) in [5, 5.41) is 9.67. The maximum Gasteiger partial charge on any atom is 0.146 e. The van der Waals surface area contributed by atoms with E-state index in [-0.39, 0.29) is 5.60 Å². The van der Waals surface area contributed by atoms with E-state index in [0.717, 1.165) is 29.8 Å². The molecule has 88 valence electrons. The second-order valence-electron chi connectivity index (χ2n) is 5.21. The predicted molar refractivity (Wildman–Crippen MR) is 65.5 cm³/mol. The molecule has 1 aliphatic rings. The van der Waals surface area contributed by atoms with Gasteiger partial charge < -0.3 is 14.7 Å². The van der Waals surface area contributed by atoms with Crippen molar-refractivity contribution in [1.29, 1.82) is 0 Å². The molecule has 1 heterocycles. The van der Waals surface area contributed by atoms with E-state index >= 15 is 0 Å². The Morgan fingerprint density at radius 1 is 1.31 bits per heavy atom. The molecule has 2 rings (SSSR count). The molecule has 0 amide bonds. The van der Waals surface area contributed by atoms with Crippen LogP contribution in [0.4, 0.5) is 5.69 Å². The smallest absolute Gasteiger partial charge is 0.146 e. The molecule has 3 heteroatoms. The minimum atomic E-state index is -0.116. The topological polar surface area (TPSA) is 32.7 Å². The summed E-state index contributed by atoms with van der Waals surface area (Å²) in [5.41, 5.74) is 1.93. The molecular weight excluding hydrogens is 202 g/mol. The Labute approximate surface area is 96.6 Å². The fraction of sp³-hybridized carbons (Fsp3) is 0.538. The highest BCUT2D eigenvalue weighted by molar-refractivity contribution is 5.65. The molecule has 0 unspecified atom stereocenters. The van der Waals surface area contributed by atoms with Crippen LogP contribution in [-0.4, -0.2) is 24.8 Å². The molecule has 0 saturated carbocycles. The van der Waals surface area contributed by atoms with E-state index < -0.39 is 0 Å². The summed E-state index contributed by atoms with van der Waals surface area (Å²) in [6, 6.07) is 3.55. The van der Waals surface area contributed by atoms with Gasteiger partial charge in [-0.2, -0.15) is 0 Å². The average molecular weight is 221 g/mol. The molecule has 1 aromatic rings. The standard InChI is InChI=1S/C13H19NO2/c1-13(2)6-5-9-7-10(15)8-11(14(3)4)12(9)16-13/h7-8,15H,5-6H2,1-4H3. The zero-order valence-electron chi connectivity index (χ0n) is 10.4. The summed E-state index contributed by atoms with van der Waals surface area (Å²) in [4.78, 5) is 1.97. The van der Waals surface area contributed by atoms with Crippen LogP contribution in [0.1, 0.15) is 25.8 Å². The van der Waals surface area contributed by atoms with Crippen molar-refractivity contribution in [3.8, 4) is 11.5 Å². The van der Waals surface area contributed by atoms with E-state index in [1.54, 1.807) is 12.1 Å². The van der Waals surface area contributed by atoms with Crippen LogP contribution in [0.15, 0.2) is 12.1 Å². The summed E-state index contributed by atoms with van der Waals surface area (Å²) < 4.78 is 6.01. The second kappa shape index (κ2) is 3.58. The Hall–Kier alpha value is -1.38. The van der Waals surface area contributed by atoms with Crippen LogP contribution >= 0.6 is 0 Å². The summed E-state index contributed by atoms with van der Waals surface area (Å²) in [6.45, 7) is 4.20. The molecule has 0 aromatic heterocycles. The SMILES string of the molecule is CN(C)c1cc(O)cc2c1OC(C)(C)CC2. The van der Waals surface area contributed by atoms with Crippen LogP contribution in [-0.2, 0) is 6.42 Å². The third-order valence-corrected chi connectivity index (χ3v) is 2.99. The molecule has 0 bridgehead atoms. The van der Waals surface area contributed by atoms with Crippen LogP contribution in [0.2, 0.25) is 0 Å². The molecule has 0 spiro atoms. The van der Waals surface area contributed by atoms with Gasteiger partial charge in [-0.3, -0.25) is 0 Å². The second-order valence-corrected chi connectivity index (χ2v) is 5.21. The number of ether oxygens (including phenoxy) is 1. The number of phenols is 1. The largest absolute Gasteiger partial charge is 0.508 e. The monoisotopic (exact) mass is 221 g/mol. The minimum Gasteiger partial charge on any atom is -0.508 e. The number of fused-ring (bicyclic) bond motifs is 1. The normalized spacial score (nSPS) is 17.5. The zero-order valence-corrected chi connectivity index (χ0v) is 10.4. The number of aromatic hydroxyl groups is 1. The zero-order chi connectivity index (χ0) is 11.9. The highest BCUT2D eigenvalue weighted by atomic mass is 16.5. The van der Waals surface area contributed by atoms with Gasteiger partial charge in [0, 0.05) is 25.7 Å². The first-order valence-electron chi connectivity index (χ1n) is 5.61. The van der Waals surface area contributed by atoms with Crippen LogP contribution < -0.4 is 9.64 Å². The Bertz CT molecular complexity index is 411. The highest BCUT2D eigenvalue weighted by Crippen LogP contribution is 2.42. The van der Waals surface area contributed by atoms with Crippen LogP contribution in [0, 0.1) is 0 Å². The van der Waals surface area contributed by atoms with Crippen molar-refractivity contribution >= 4 is 5.69 Å². The van der Waals surface area contributed by atoms with Crippen LogP contribution in [0.3, 0.4) is 0 Å². The first-order valence-corrected chi connectivity index (χ1v) is 5.61. The molecule has 1 aromatic carbocycles. The first-order chi connectivity index (χ1) is 7.39. The fourth-order valence-corrected chi connectivity index (χ4v) is 2.05. The lowest BCUT2D eigenvalue weighted by molar-refractivity contribution is 0.0852. The van der Waals surface area contributed by atoms with E-state index in [1.165, 1.54) is 0 Å². The number of nitrogens with zero attached hydrogens (tertiary/aromatic N) is 1. The van der Waals surface area contributed by atoms with E-state index in [1.807, 2.05) is 19.0 Å². The van der Waals surface area contributed by atoms with Crippen molar-refractivity contribution in [1.82, 2.24) is 0 Å². The van der Waals surface area contributed by atoms with Crippen molar-refractivity contribution < 1.29 is 9.84 Å². The lowest BCUT2D eigenvalue weighted by Crippen LogP contribution is -2.33. The molecule has 0 atom stereocenters. The third kappa shape index (κ3) is 1.94. The third-order valence-electron chi connectivity index (χ3n) is 2.99. The van der Waals surface area contributed by atoms with Crippen molar-refractivity contribution in [2.45, 2.75) is 32.3 Å². The molecule has 0 radical (unpaired) electrons. The number of benzene rings is 1. The summed E-state index contributed by atoms with van der Waals surface area (Å²) >= 11 is 0. The van der Waals surface area contributed by atoms with Gasteiger partial charge >= 0.3 is 0 Å². The van der Waals surface area contributed by atoms with Crippen LogP contribution in [0.25, 0.3) is 0 Å². The maximum atomic E-state index is 9.67. The predicted octanol–water partition coefficient (Wildman–Crippen LogP) is 2.56. The molecule has 16 heavy (non-hydrogen) atoms. The van der Waals surface area contributed by atoms with Gasteiger partial charge in [0.05, 0.1) is 5.69 Å². The lowest BCUT2D eigenvalue weighted by Gasteiger charge is -2.35. The van der Waals surface area contributed by atoms with Gasteiger partial charge in [-0.1, -0.05) is 0 Å². The Kier molecular flexibility index (Phi) is 2.49. The molecule has 0 aliphatic carbocycles. The molecule has 3 nitrogen and oxygen atoms in total. The summed E-state index contributed by atoms with van der Waals surface area (Å²) in [5.74, 6) is 1.23. The highest BCUT2D eigenvalue weighted by Gasteiger charge is 2.29. The number of phenolic OH excluding ortho intramolecular Hbond substituents is 1. The van der Waals surface area contributed by atoms with Gasteiger partial charge in [0.1, 0.15) is 17.1 Å². The first kappa shape index (κ1) is 11.1. The molecule has 1 N–H and O–H groups in total. The summed E-state index contributed by atoms with van der Waals surface area (Å²) in [7, 11) is 3.92. The summed E-state index contributed by atoms with van der Waals surface area (Å²) in [6.07, 6.45) is 1.94. The van der Waals surface area contributed by atoms with Gasteiger partial charge in [-0.05, 0) is 32.8 Å². The van der Waals surface area contributed by atoms with Gasteiger partial charge in [-0.15, -0.1) is 0 Å². The maximum absolute atomic E-state index is 9.67. The number of hydrogen-bond donors (Lipinski definition) is 1. The van der Waals surface area contributed by atoms with Gasteiger partial charge in [0.15, 0.2) is 0 Å². The number of anilines is 1. The molecule has 1 aliphatic heterocycles. The fourth-order valence-electron chi connectivity index (χ4n) is 2.05. The van der Waals surface area contributed by atoms with Crippen molar-refractivity contribution in [3.63, 3.8) is 0 Å². The number of hydrogen-bond acceptors (Lipinski definition) is 3. The van der Waals surface area contributed by atoms with Gasteiger partial charge in [-0.25, -0.2) is 0 Å². The lowest BCUT2D eigenvalue weighted by atomic mass is 9.93. The van der Waals surface area contributed by atoms with Crippen molar-refractivity contribution in [3.05, 3.63) is 17.7 Å². The van der Waals surface area contributed by atoms with E-state index in [2.05, 4.69) is 13.8 Å². The molecule has 0 fully saturated rings. The van der Waals surface area contributed by atoms with Crippen LogP contribution in [0.5, 0.6) is 11.5 Å².